The Bertz CT molecular complexity index is 788. The van der Waals surface area contributed by atoms with Crippen LogP contribution < -0.4 is 5.73 Å². The van der Waals surface area contributed by atoms with Gasteiger partial charge in [0.15, 0.2) is 5.78 Å². The first-order valence-electron chi connectivity index (χ1n) is 6.76. The lowest BCUT2D eigenvalue weighted by atomic mass is 9.97. The van der Waals surface area contributed by atoms with Crippen molar-refractivity contribution in [2.24, 2.45) is 5.73 Å². The minimum Gasteiger partial charge on any atom is -0.326 e. The standard InChI is InChI=1S/C17H13ClFNOS/c18-16-13-7-11(19)5-6-15(13)22-9-14(16)17(21)12-4-2-1-3-10(12)8-20/h1-7H,8-9,20H2. The van der Waals surface area contributed by atoms with Crippen molar-refractivity contribution in [1.29, 1.82) is 0 Å². The van der Waals surface area contributed by atoms with Crippen molar-refractivity contribution in [1.82, 2.24) is 0 Å². The highest BCUT2D eigenvalue weighted by Gasteiger charge is 2.25. The zero-order valence-corrected chi connectivity index (χ0v) is 13.2. The van der Waals surface area contributed by atoms with Crippen molar-refractivity contribution < 1.29 is 9.18 Å². The van der Waals surface area contributed by atoms with Crippen molar-refractivity contribution >= 4 is 34.2 Å². The second kappa shape index (κ2) is 6.24. The lowest BCUT2D eigenvalue weighted by Gasteiger charge is -2.19. The summed E-state index contributed by atoms with van der Waals surface area (Å²) in [6.07, 6.45) is 0. The molecule has 0 spiro atoms. The summed E-state index contributed by atoms with van der Waals surface area (Å²) >= 11 is 7.86. The van der Waals surface area contributed by atoms with Gasteiger partial charge in [-0.1, -0.05) is 35.9 Å². The third kappa shape index (κ3) is 2.70. The summed E-state index contributed by atoms with van der Waals surface area (Å²) in [5.74, 6) is -0.0446. The Morgan fingerprint density at radius 3 is 2.82 bits per heavy atom. The zero-order chi connectivity index (χ0) is 15.7. The van der Waals surface area contributed by atoms with Crippen LogP contribution in [0, 0.1) is 5.82 Å². The van der Waals surface area contributed by atoms with Gasteiger partial charge in [0, 0.05) is 33.9 Å². The molecule has 3 rings (SSSR count). The van der Waals surface area contributed by atoms with E-state index in [-0.39, 0.29) is 18.1 Å². The SMILES string of the molecule is NCc1ccccc1C(=O)C1=C(Cl)c2cc(F)ccc2SC1. The van der Waals surface area contributed by atoms with Crippen LogP contribution in [0.1, 0.15) is 21.5 Å². The van der Waals surface area contributed by atoms with E-state index in [4.69, 9.17) is 17.3 Å². The molecule has 0 amide bonds. The van der Waals surface area contributed by atoms with E-state index in [1.165, 1.54) is 23.9 Å². The van der Waals surface area contributed by atoms with Gasteiger partial charge in [0.1, 0.15) is 5.82 Å². The summed E-state index contributed by atoms with van der Waals surface area (Å²) in [6, 6.07) is 11.7. The average molecular weight is 334 g/mol. The predicted octanol–water partition coefficient (Wildman–Crippen LogP) is 4.22. The minimum atomic E-state index is -0.367. The Labute approximate surface area is 137 Å². The number of hydrogen-bond acceptors (Lipinski definition) is 3. The summed E-state index contributed by atoms with van der Waals surface area (Å²) in [4.78, 5) is 13.7. The van der Waals surface area contributed by atoms with Gasteiger partial charge in [-0.25, -0.2) is 4.39 Å². The number of nitrogens with two attached hydrogens (primary N) is 1. The second-order valence-corrected chi connectivity index (χ2v) is 6.31. The maximum atomic E-state index is 13.4. The number of fused-ring (bicyclic) bond motifs is 1. The Morgan fingerprint density at radius 2 is 2.05 bits per heavy atom. The molecular formula is C17H13ClFNOS. The number of ketones is 1. The van der Waals surface area contributed by atoms with Crippen LogP contribution in [0.15, 0.2) is 52.9 Å². The number of rotatable bonds is 3. The number of thioether (sulfide) groups is 1. The number of carbonyl (C=O) groups excluding carboxylic acids is 1. The molecule has 0 unspecified atom stereocenters. The number of hydrogen-bond donors (Lipinski definition) is 1. The first kappa shape index (κ1) is 15.3. The van der Waals surface area contributed by atoms with Crippen molar-refractivity contribution in [3.05, 3.63) is 70.5 Å². The van der Waals surface area contributed by atoms with Gasteiger partial charge in [-0.2, -0.15) is 0 Å². The molecule has 0 radical (unpaired) electrons. The van der Waals surface area contributed by atoms with E-state index in [0.717, 1.165) is 10.5 Å². The fourth-order valence-electron chi connectivity index (χ4n) is 2.42. The zero-order valence-electron chi connectivity index (χ0n) is 11.6. The van der Waals surface area contributed by atoms with Gasteiger partial charge >= 0.3 is 0 Å². The highest BCUT2D eigenvalue weighted by Crippen LogP contribution is 2.40. The fraction of sp³-hybridized carbons (Fsp3) is 0.118. The summed E-state index contributed by atoms with van der Waals surface area (Å²) in [5, 5.41) is 0.324. The van der Waals surface area contributed by atoms with Gasteiger partial charge in [0.2, 0.25) is 0 Å². The Hall–Kier alpha value is -1.62. The molecule has 1 heterocycles. The lowest BCUT2D eigenvalue weighted by molar-refractivity contribution is 0.103. The normalized spacial score (nSPS) is 14.0. The second-order valence-electron chi connectivity index (χ2n) is 4.91. The number of benzene rings is 2. The third-order valence-electron chi connectivity index (χ3n) is 3.57. The topological polar surface area (TPSA) is 43.1 Å². The van der Waals surface area contributed by atoms with Crippen LogP contribution in [0.4, 0.5) is 4.39 Å². The summed E-state index contributed by atoms with van der Waals surface area (Å²) in [6.45, 7) is 0.283. The molecule has 1 aliphatic rings. The summed E-state index contributed by atoms with van der Waals surface area (Å²) in [7, 11) is 0. The maximum absolute atomic E-state index is 13.4. The lowest BCUT2D eigenvalue weighted by Crippen LogP contribution is -2.14. The molecule has 0 aliphatic carbocycles. The molecule has 5 heteroatoms. The molecule has 0 bridgehead atoms. The fourth-order valence-corrected chi connectivity index (χ4v) is 3.92. The molecule has 0 atom stereocenters. The monoisotopic (exact) mass is 333 g/mol. The minimum absolute atomic E-state index is 0.145. The van der Waals surface area contributed by atoms with Gasteiger partial charge in [0.05, 0.1) is 5.03 Å². The maximum Gasteiger partial charge on any atom is 0.191 e. The first-order valence-corrected chi connectivity index (χ1v) is 8.12. The van der Waals surface area contributed by atoms with E-state index in [2.05, 4.69) is 0 Å². The summed E-state index contributed by atoms with van der Waals surface area (Å²) < 4.78 is 13.4. The molecule has 1 aliphatic heterocycles. The molecule has 22 heavy (non-hydrogen) atoms. The molecule has 2 nitrogen and oxygen atoms in total. The van der Waals surface area contributed by atoms with Gasteiger partial charge in [0.25, 0.3) is 0 Å². The molecule has 0 aromatic heterocycles. The predicted molar refractivity (Wildman–Crippen MR) is 88.6 cm³/mol. The van der Waals surface area contributed by atoms with Crippen LogP contribution in [-0.4, -0.2) is 11.5 Å². The number of Topliss-reactive ketones (excluding diaryl/α,β-unsaturated/α-hetero) is 1. The van der Waals surface area contributed by atoms with E-state index in [9.17, 15) is 9.18 Å². The van der Waals surface area contributed by atoms with Crippen molar-refractivity contribution in [2.45, 2.75) is 11.4 Å². The van der Waals surface area contributed by atoms with E-state index in [1.54, 1.807) is 18.2 Å². The van der Waals surface area contributed by atoms with Gasteiger partial charge in [-0.3, -0.25) is 4.79 Å². The van der Waals surface area contributed by atoms with Crippen LogP contribution in [-0.2, 0) is 6.54 Å². The van der Waals surface area contributed by atoms with E-state index >= 15 is 0 Å². The van der Waals surface area contributed by atoms with Crippen molar-refractivity contribution in [2.75, 3.05) is 5.75 Å². The smallest absolute Gasteiger partial charge is 0.191 e. The van der Waals surface area contributed by atoms with Crippen LogP contribution >= 0.6 is 23.4 Å². The molecule has 0 saturated heterocycles. The third-order valence-corrected chi connectivity index (χ3v) is 5.10. The molecule has 112 valence electrons. The summed E-state index contributed by atoms with van der Waals surface area (Å²) in [5.41, 5.74) is 8.09. The van der Waals surface area contributed by atoms with Crippen LogP contribution in [0.3, 0.4) is 0 Å². The Morgan fingerprint density at radius 1 is 1.27 bits per heavy atom. The molecule has 0 saturated carbocycles. The molecule has 2 aromatic carbocycles. The average Bonchev–Trinajstić information content (AvgIpc) is 2.55. The van der Waals surface area contributed by atoms with Gasteiger partial charge in [-0.15, -0.1) is 11.8 Å². The number of carbonyl (C=O) groups is 1. The van der Waals surface area contributed by atoms with Crippen LogP contribution in [0.2, 0.25) is 0 Å². The van der Waals surface area contributed by atoms with Crippen LogP contribution in [0.5, 0.6) is 0 Å². The van der Waals surface area contributed by atoms with Gasteiger partial charge in [-0.05, 0) is 23.8 Å². The van der Waals surface area contributed by atoms with Crippen molar-refractivity contribution in [3.8, 4) is 0 Å². The molecule has 2 aromatic rings. The van der Waals surface area contributed by atoms with E-state index in [0.29, 0.717) is 27.5 Å². The molecular weight excluding hydrogens is 321 g/mol. The Balaban J connectivity index is 2.08. The quantitative estimate of drug-likeness (QED) is 0.855. The van der Waals surface area contributed by atoms with E-state index < -0.39 is 0 Å². The first-order chi connectivity index (χ1) is 10.6. The van der Waals surface area contributed by atoms with Crippen molar-refractivity contribution in [3.63, 3.8) is 0 Å². The molecule has 0 fully saturated rings. The number of halogens is 2. The van der Waals surface area contributed by atoms with Gasteiger partial charge < -0.3 is 5.73 Å². The van der Waals surface area contributed by atoms with Crippen LogP contribution in [0.25, 0.3) is 5.03 Å². The molecule has 2 N–H and O–H groups in total. The highest BCUT2D eigenvalue weighted by molar-refractivity contribution is 7.99. The largest absolute Gasteiger partial charge is 0.326 e. The Kier molecular flexibility index (Phi) is 4.34. The van der Waals surface area contributed by atoms with E-state index in [1.807, 2.05) is 12.1 Å². The highest BCUT2D eigenvalue weighted by atomic mass is 35.5.